The van der Waals surface area contributed by atoms with Gasteiger partial charge < -0.3 is 16.4 Å². The normalized spacial score (nSPS) is 16.0. The number of nitrogens with zero attached hydrogens (tertiary/aromatic N) is 1. The van der Waals surface area contributed by atoms with E-state index in [2.05, 4.69) is 31.6 Å². The molecule has 0 bridgehead atoms. The van der Waals surface area contributed by atoms with Crippen molar-refractivity contribution in [2.45, 2.75) is 38.6 Å². The van der Waals surface area contributed by atoms with Crippen LogP contribution in [0.3, 0.4) is 0 Å². The van der Waals surface area contributed by atoms with Gasteiger partial charge in [0.05, 0.1) is 0 Å². The fourth-order valence-corrected chi connectivity index (χ4v) is 2.76. The summed E-state index contributed by atoms with van der Waals surface area (Å²) in [6.45, 7) is 1.97. The van der Waals surface area contributed by atoms with Gasteiger partial charge in [0.25, 0.3) is 0 Å². The third kappa shape index (κ3) is 5.04. The van der Waals surface area contributed by atoms with Crippen LogP contribution in [0.25, 0.3) is 0 Å². The highest BCUT2D eigenvalue weighted by Crippen LogP contribution is 2.20. The van der Waals surface area contributed by atoms with Crippen molar-refractivity contribution < 1.29 is 4.79 Å². The number of amides is 1. The van der Waals surface area contributed by atoms with Crippen LogP contribution < -0.4 is 16.4 Å². The van der Waals surface area contributed by atoms with Crippen LogP contribution >= 0.6 is 15.9 Å². The van der Waals surface area contributed by atoms with E-state index in [0.29, 0.717) is 12.0 Å². The molecule has 1 fully saturated rings. The number of rotatable bonds is 4. The zero-order chi connectivity index (χ0) is 15.2. The van der Waals surface area contributed by atoms with Crippen molar-refractivity contribution in [3.63, 3.8) is 0 Å². The molecule has 0 aliphatic heterocycles. The van der Waals surface area contributed by atoms with Crippen LogP contribution in [0.15, 0.2) is 27.7 Å². The van der Waals surface area contributed by atoms with Crippen LogP contribution in [0.1, 0.15) is 31.2 Å². The Balaban J connectivity index is 1.84. The van der Waals surface area contributed by atoms with E-state index in [4.69, 9.17) is 5.73 Å². The molecule has 6 heteroatoms. The summed E-state index contributed by atoms with van der Waals surface area (Å²) in [7, 11) is 0. The molecule has 1 saturated carbocycles. The number of nitrogens with one attached hydrogen (secondary N) is 2. The highest BCUT2D eigenvalue weighted by atomic mass is 79.9. The molecule has 2 rings (SSSR count). The Labute approximate surface area is 133 Å². The van der Waals surface area contributed by atoms with Gasteiger partial charge in [0, 0.05) is 16.2 Å². The monoisotopic (exact) mass is 352 g/mol. The molecule has 0 saturated heterocycles. The summed E-state index contributed by atoms with van der Waals surface area (Å²) in [6, 6.07) is 6.16. The first-order chi connectivity index (χ1) is 10.0. The fraction of sp³-hybridized carbons (Fsp3) is 0.467. The first-order valence-electron chi connectivity index (χ1n) is 7.17. The summed E-state index contributed by atoms with van der Waals surface area (Å²) in [5.74, 6) is 0.176. The Morgan fingerprint density at radius 2 is 2.14 bits per heavy atom. The van der Waals surface area contributed by atoms with E-state index in [9.17, 15) is 4.79 Å². The second kappa shape index (κ2) is 7.45. The summed E-state index contributed by atoms with van der Waals surface area (Å²) in [5, 5.41) is 6.00. The SMILES string of the molecule is Cc1ccc(Br)cc1NC(=O)CN=C(N)NC1CCCC1. The second-order valence-corrected chi connectivity index (χ2v) is 6.25. The van der Waals surface area contributed by atoms with Crippen LogP contribution in [0.4, 0.5) is 5.69 Å². The number of hydrogen-bond acceptors (Lipinski definition) is 2. The molecule has 4 N–H and O–H groups in total. The number of nitrogens with two attached hydrogens (primary N) is 1. The molecule has 0 radical (unpaired) electrons. The van der Waals surface area contributed by atoms with E-state index >= 15 is 0 Å². The Bertz CT molecular complexity index is 538. The summed E-state index contributed by atoms with van der Waals surface area (Å²) >= 11 is 3.39. The highest BCUT2D eigenvalue weighted by molar-refractivity contribution is 9.10. The van der Waals surface area contributed by atoms with E-state index < -0.39 is 0 Å². The van der Waals surface area contributed by atoms with Crippen molar-refractivity contribution in [1.82, 2.24) is 5.32 Å². The predicted molar refractivity (Wildman–Crippen MR) is 89.4 cm³/mol. The van der Waals surface area contributed by atoms with E-state index in [0.717, 1.165) is 28.6 Å². The Morgan fingerprint density at radius 3 is 2.86 bits per heavy atom. The minimum Gasteiger partial charge on any atom is -0.370 e. The predicted octanol–water partition coefficient (Wildman–Crippen LogP) is 2.54. The van der Waals surface area contributed by atoms with Crippen molar-refractivity contribution in [3.8, 4) is 0 Å². The number of anilines is 1. The number of benzene rings is 1. The number of carbonyl (C=O) groups excluding carboxylic acids is 1. The lowest BCUT2D eigenvalue weighted by molar-refractivity contribution is -0.114. The average Bonchev–Trinajstić information content (AvgIpc) is 2.93. The van der Waals surface area contributed by atoms with Crippen LogP contribution in [0.2, 0.25) is 0 Å². The molecule has 1 amide bonds. The van der Waals surface area contributed by atoms with E-state index in [1.54, 1.807) is 0 Å². The minimum absolute atomic E-state index is 0.0253. The summed E-state index contributed by atoms with van der Waals surface area (Å²) < 4.78 is 0.925. The van der Waals surface area contributed by atoms with Gasteiger partial charge >= 0.3 is 0 Å². The lowest BCUT2D eigenvalue weighted by Gasteiger charge is -2.12. The largest absolute Gasteiger partial charge is 0.370 e. The Hall–Kier alpha value is -1.56. The topological polar surface area (TPSA) is 79.5 Å². The molecule has 0 heterocycles. The number of hydrogen-bond donors (Lipinski definition) is 3. The van der Waals surface area contributed by atoms with Crippen molar-refractivity contribution >= 4 is 33.5 Å². The molecule has 0 spiro atoms. The molecule has 1 aliphatic carbocycles. The van der Waals surface area contributed by atoms with Gasteiger partial charge in [0.15, 0.2) is 5.96 Å². The van der Waals surface area contributed by atoms with Gasteiger partial charge in [-0.25, -0.2) is 4.99 Å². The third-order valence-corrected chi connectivity index (χ3v) is 4.07. The highest BCUT2D eigenvalue weighted by Gasteiger charge is 2.15. The molecule has 1 aliphatic rings. The van der Waals surface area contributed by atoms with Crippen LogP contribution in [-0.2, 0) is 4.79 Å². The first kappa shape index (κ1) is 15.8. The van der Waals surface area contributed by atoms with Crippen molar-refractivity contribution in [2.24, 2.45) is 10.7 Å². The molecular weight excluding hydrogens is 332 g/mol. The molecule has 0 unspecified atom stereocenters. The lowest BCUT2D eigenvalue weighted by Crippen LogP contribution is -2.39. The summed E-state index contributed by atoms with van der Waals surface area (Å²) in [4.78, 5) is 16.0. The van der Waals surface area contributed by atoms with Gasteiger partial charge in [-0.3, -0.25) is 4.79 Å². The summed E-state index contributed by atoms with van der Waals surface area (Å²) in [6.07, 6.45) is 4.71. The molecule has 5 nitrogen and oxygen atoms in total. The molecule has 0 atom stereocenters. The fourth-order valence-electron chi connectivity index (χ4n) is 2.40. The maximum absolute atomic E-state index is 11.9. The van der Waals surface area contributed by atoms with E-state index in [1.807, 2.05) is 25.1 Å². The first-order valence-corrected chi connectivity index (χ1v) is 7.96. The standard InChI is InChI=1S/C15H21BrN4O/c1-10-6-7-11(16)8-13(10)20-14(21)9-18-15(17)19-12-4-2-3-5-12/h6-8,12H,2-5,9H2,1H3,(H,20,21)(H3,17,18,19). The molecular formula is C15H21BrN4O. The van der Waals surface area contributed by atoms with Gasteiger partial charge in [-0.15, -0.1) is 0 Å². The second-order valence-electron chi connectivity index (χ2n) is 5.33. The molecule has 1 aromatic rings. The van der Waals surface area contributed by atoms with Gasteiger partial charge in [-0.2, -0.15) is 0 Å². The van der Waals surface area contributed by atoms with Gasteiger partial charge in [0.2, 0.25) is 5.91 Å². The molecule has 21 heavy (non-hydrogen) atoms. The maximum Gasteiger partial charge on any atom is 0.246 e. The van der Waals surface area contributed by atoms with E-state index in [-0.39, 0.29) is 12.5 Å². The minimum atomic E-state index is -0.174. The Kier molecular flexibility index (Phi) is 5.61. The van der Waals surface area contributed by atoms with Crippen LogP contribution in [0, 0.1) is 6.92 Å². The van der Waals surface area contributed by atoms with Crippen LogP contribution in [0.5, 0.6) is 0 Å². The average molecular weight is 353 g/mol. The molecule has 1 aromatic carbocycles. The van der Waals surface area contributed by atoms with Gasteiger partial charge in [0.1, 0.15) is 6.54 Å². The zero-order valence-corrected chi connectivity index (χ0v) is 13.7. The summed E-state index contributed by atoms with van der Waals surface area (Å²) in [5.41, 5.74) is 7.59. The smallest absolute Gasteiger partial charge is 0.246 e. The maximum atomic E-state index is 11.9. The van der Waals surface area contributed by atoms with Gasteiger partial charge in [-0.05, 0) is 37.5 Å². The number of aryl methyl sites for hydroxylation is 1. The zero-order valence-electron chi connectivity index (χ0n) is 12.2. The van der Waals surface area contributed by atoms with Gasteiger partial charge in [-0.1, -0.05) is 34.8 Å². The number of halogens is 1. The van der Waals surface area contributed by atoms with E-state index in [1.165, 1.54) is 12.8 Å². The number of carbonyl (C=O) groups is 1. The number of guanidine groups is 1. The molecule has 114 valence electrons. The van der Waals surface area contributed by atoms with Crippen LogP contribution in [-0.4, -0.2) is 24.5 Å². The van der Waals surface area contributed by atoms with Crippen molar-refractivity contribution in [3.05, 3.63) is 28.2 Å². The van der Waals surface area contributed by atoms with Crippen molar-refractivity contribution in [1.29, 1.82) is 0 Å². The van der Waals surface area contributed by atoms with Crippen molar-refractivity contribution in [2.75, 3.05) is 11.9 Å². The molecule has 0 aromatic heterocycles. The Morgan fingerprint density at radius 1 is 1.43 bits per heavy atom. The number of aliphatic imine (C=N–C) groups is 1. The lowest BCUT2D eigenvalue weighted by atomic mass is 10.2. The quantitative estimate of drug-likeness (QED) is 0.575. The third-order valence-electron chi connectivity index (χ3n) is 3.57.